The molecule has 0 aliphatic carbocycles. The van der Waals surface area contributed by atoms with Crippen molar-refractivity contribution in [2.45, 2.75) is 31.4 Å². The number of hydrogen-bond acceptors (Lipinski definition) is 4. The minimum Gasteiger partial charge on any atom is -0.490 e. The summed E-state index contributed by atoms with van der Waals surface area (Å²) in [5.74, 6) is -0.263. The topological polar surface area (TPSA) is 60.4 Å². The maximum atomic E-state index is 11.9. The fourth-order valence-electron chi connectivity index (χ4n) is 1.18. The van der Waals surface area contributed by atoms with Crippen molar-refractivity contribution in [3.8, 4) is 0 Å². The first-order chi connectivity index (χ1) is 6.77. The van der Waals surface area contributed by atoms with Crippen LogP contribution in [0.2, 0.25) is 0 Å². The highest BCUT2D eigenvalue weighted by atomic mass is 32.2. The monoisotopic (exact) mass is 232 g/mol. The maximum absolute atomic E-state index is 11.9. The summed E-state index contributed by atoms with van der Waals surface area (Å²) in [6.45, 7) is 3.30. The number of ether oxygens (including phenoxy) is 1. The zero-order valence-corrected chi connectivity index (χ0v) is 10.1. The first-order valence-electron chi connectivity index (χ1n) is 4.84. The second-order valence-corrected chi connectivity index (χ2v) is 6.74. The Morgan fingerprint density at radius 3 is 2.47 bits per heavy atom. The zero-order chi connectivity index (χ0) is 11.7. The van der Waals surface area contributed by atoms with Crippen molar-refractivity contribution >= 4 is 15.6 Å². The Morgan fingerprint density at radius 1 is 1.47 bits per heavy atom. The van der Waals surface area contributed by atoms with E-state index in [0.29, 0.717) is 6.61 Å². The number of ketones is 1. The molecule has 0 aromatic rings. The molecule has 0 N–H and O–H groups in total. The summed E-state index contributed by atoms with van der Waals surface area (Å²) < 4.78 is 26.6. The van der Waals surface area contributed by atoms with E-state index in [1.165, 1.54) is 13.8 Å². The van der Waals surface area contributed by atoms with Gasteiger partial charge < -0.3 is 4.74 Å². The quantitative estimate of drug-likeness (QED) is 0.730. The molecule has 0 aromatic heterocycles. The van der Waals surface area contributed by atoms with Gasteiger partial charge in [-0.1, -0.05) is 0 Å². The van der Waals surface area contributed by atoms with E-state index in [-0.39, 0.29) is 5.76 Å². The number of sulfone groups is 1. The van der Waals surface area contributed by atoms with Crippen molar-refractivity contribution in [2.75, 3.05) is 12.9 Å². The largest absolute Gasteiger partial charge is 0.490 e. The van der Waals surface area contributed by atoms with Crippen LogP contribution < -0.4 is 0 Å². The number of carbonyl (C=O) groups is 1. The van der Waals surface area contributed by atoms with E-state index in [2.05, 4.69) is 0 Å². The fraction of sp³-hybridized carbons (Fsp3) is 0.700. The Hall–Kier alpha value is -0.840. The van der Waals surface area contributed by atoms with Gasteiger partial charge in [0.1, 0.15) is 4.75 Å². The average molecular weight is 232 g/mol. The summed E-state index contributed by atoms with van der Waals surface area (Å²) in [5, 5.41) is 0. The zero-order valence-electron chi connectivity index (χ0n) is 9.24. The molecule has 0 amide bonds. The van der Waals surface area contributed by atoms with Crippen LogP contribution in [0.5, 0.6) is 0 Å². The second-order valence-electron chi connectivity index (χ2n) is 4.17. The van der Waals surface area contributed by atoms with E-state index in [0.717, 1.165) is 19.1 Å². The Kier molecular flexibility index (Phi) is 3.23. The second kappa shape index (κ2) is 3.96. The van der Waals surface area contributed by atoms with E-state index < -0.39 is 20.4 Å². The molecule has 1 aliphatic rings. The molecule has 1 heterocycles. The van der Waals surface area contributed by atoms with Gasteiger partial charge in [0.05, 0.1) is 6.61 Å². The van der Waals surface area contributed by atoms with Crippen molar-refractivity contribution in [2.24, 2.45) is 0 Å². The lowest BCUT2D eigenvalue weighted by Crippen LogP contribution is -2.41. The summed E-state index contributed by atoms with van der Waals surface area (Å²) in [6.07, 6.45) is 4.37. The van der Waals surface area contributed by atoms with Crippen molar-refractivity contribution in [1.82, 2.24) is 0 Å². The minimum absolute atomic E-state index is 0.191. The first kappa shape index (κ1) is 12.2. The molecule has 1 aliphatic heterocycles. The molecule has 86 valence electrons. The van der Waals surface area contributed by atoms with Crippen LogP contribution in [0.25, 0.3) is 0 Å². The van der Waals surface area contributed by atoms with Gasteiger partial charge in [-0.05, 0) is 32.8 Å². The number of rotatable bonds is 3. The number of Topliss-reactive ketones (excluding diaryl/α,β-unsaturated/α-hetero) is 1. The molecule has 0 unspecified atom stereocenters. The maximum Gasteiger partial charge on any atom is 0.217 e. The molecule has 0 bridgehead atoms. The predicted molar refractivity (Wildman–Crippen MR) is 57.2 cm³/mol. The van der Waals surface area contributed by atoms with E-state index >= 15 is 0 Å². The number of carbonyl (C=O) groups excluding carboxylic acids is 1. The Bertz CT molecular complexity index is 390. The van der Waals surface area contributed by atoms with Crippen LogP contribution in [0.4, 0.5) is 0 Å². The molecule has 0 fully saturated rings. The van der Waals surface area contributed by atoms with Crippen LogP contribution in [-0.4, -0.2) is 31.8 Å². The molecular weight excluding hydrogens is 216 g/mol. The van der Waals surface area contributed by atoms with Crippen LogP contribution in [0.15, 0.2) is 11.8 Å². The molecular formula is C10H16O4S. The van der Waals surface area contributed by atoms with Crippen LogP contribution in [0.3, 0.4) is 0 Å². The lowest BCUT2D eigenvalue weighted by molar-refractivity contribution is -0.120. The highest BCUT2D eigenvalue weighted by Crippen LogP contribution is 2.23. The summed E-state index contributed by atoms with van der Waals surface area (Å²) in [5.41, 5.74) is 0. The third kappa shape index (κ3) is 2.40. The molecule has 0 atom stereocenters. The standard InChI is InChI=1S/C10H16O4S/c1-10(2,15(3,12)13)9(11)8-6-4-5-7-14-8/h6H,4-5,7H2,1-3H3. The molecule has 0 radical (unpaired) electrons. The summed E-state index contributed by atoms with van der Waals surface area (Å²) in [7, 11) is -3.42. The van der Waals surface area contributed by atoms with Crippen LogP contribution >= 0.6 is 0 Å². The van der Waals surface area contributed by atoms with Crippen molar-refractivity contribution in [3.63, 3.8) is 0 Å². The smallest absolute Gasteiger partial charge is 0.217 e. The van der Waals surface area contributed by atoms with Gasteiger partial charge in [0.25, 0.3) is 0 Å². The van der Waals surface area contributed by atoms with Crippen LogP contribution in [0.1, 0.15) is 26.7 Å². The van der Waals surface area contributed by atoms with E-state index in [1.54, 1.807) is 6.08 Å². The third-order valence-electron chi connectivity index (χ3n) is 2.63. The van der Waals surface area contributed by atoms with Gasteiger partial charge in [-0.2, -0.15) is 0 Å². The third-order valence-corrected chi connectivity index (χ3v) is 4.67. The highest BCUT2D eigenvalue weighted by Gasteiger charge is 2.41. The SMILES string of the molecule is CC(C)(C(=O)C1=CCCCO1)S(C)(=O)=O. The van der Waals surface area contributed by atoms with Gasteiger partial charge in [0.2, 0.25) is 5.78 Å². The Labute approximate surface area is 90.2 Å². The fourth-order valence-corrected chi connectivity index (χ4v) is 1.62. The minimum atomic E-state index is -3.42. The lowest BCUT2D eigenvalue weighted by Gasteiger charge is -2.23. The average Bonchev–Trinajstić information content (AvgIpc) is 2.16. The van der Waals surface area contributed by atoms with Crippen molar-refractivity contribution in [3.05, 3.63) is 11.8 Å². The van der Waals surface area contributed by atoms with Gasteiger partial charge in [0, 0.05) is 6.26 Å². The number of hydrogen-bond donors (Lipinski definition) is 0. The number of allylic oxidation sites excluding steroid dienone is 2. The van der Waals surface area contributed by atoms with Gasteiger partial charge in [-0.3, -0.25) is 4.79 Å². The van der Waals surface area contributed by atoms with Crippen LogP contribution in [0, 0.1) is 0 Å². The van der Waals surface area contributed by atoms with E-state index in [1.807, 2.05) is 0 Å². The Balaban J connectivity index is 2.99. The molecule has 15 heavy (non-hydrogen) atoms. The van der Waals surface area contributed by atoms with Crippen molar-refractivity contribution in [1.29, 1.82) is 0 Å². The van der Waals surface area contributed by atoms with Gasteiger partial charge >= 0.3 is 0 Å². The molecule has 0 saturated heterocycles. The van der Waals surface area contributed by atoms with E-state index in [9.17, 15) is 13.2 Å². The molecule has 1 rings (SSSR count). The molecule has 4 nitrogen and oxygen atoms in total. The molecule has 0 saturated carbocycles. The molecule has 0 aromatic carbocycles. The summed E-state index contributed by atoms with van der Waals surface area (Å²) in [6, 6.07) is 0. The lowest BCUT2D eigenvalue weighted by atomic mass is 10.0. The van der Waals surface area contributed by atoms with Gasteiger partial charge in [0.15, 0.2) is 15.6 Å². The summed E-state index contributed by atoms with van der Waals surface area (Å²) >= 11 is 0. The van der Waals surface area contributed by atoms with E-state index in [4.69, 9.17) is 4.74 Å². The molecule has 5 heteroatoms. The van der Waals surface area contributed by atoms with Gasteiger partial charge in [-0.15, -0.1) is 0 Å². The van der Waals surface area contributed by atoms with Crippen LogP contribution in [-0.2, 0) is 19.4 Å². The van der Waals surface area contributed by atoms with Gasteiger partial charge in [-0.25, -0.2) is 8.42 Å². The normalized spacial score (nSPS) is 17.9. The highest BCUT2D eigenvalue weighted by molar-refractivity contribution is 7.92. The predicted octanol–water partition coefficient (Wildman–Crippen LogP) is 1.07. The molecule has 0 spiro atoms. The Morgan fingerprint density at radius 2 is 2.07 bits per heavy atom. The summed E-state index contributed by atoms with van der Waals surface area (Å²) in [4.78, 5) is 11.9. The van der Waals surface area contributed by atoms with Crippen molar-refractivity contribution < 1.29 is 17.9 Å². The first-order valence-corrected chi connectivity index (χ1v) is 6.73.